The summed E-state index contributed by atoms with van der Waals surface area (Å²) >= 11 is 1.63. The van der Waals surface area contributed by atoms with Crippen molar-refractivity contribution in [3.8, 4) is 0 Å². The lowest BCUT2D eigenvalue weighted by molar-refractivity contribution is -0.153. The summed E-state index contributed by atoms with van der Waals surface area (Å²) in [5.41, 5.74) is 0.414. The molecule has 0 radical (unpaired) electrons. The third-order valence-electron chi connectivity index (χ3n) is 6.83. The van der Waals surface area contributed by atoms with Crippen molar-refractivity contribution in [1.82, 2.24) is 4.90 Å². The van der Waals surface area contributed by atoms with Gasteiger partial charge in [-0.2, -0.15) is 0 Å². The minimum absolute atomic E-state index is 0.00134. The van der Waals surface area contributed by atoms with E-state index in [0.29, 0.717) is 25.1 Å². The van der Waals surface area contributed by atoms with Crippen molar-refractivity contribution in [2.75, 3.05) is 19.8 Å². The number of hydrogen-bond donors (Lipinski definition) is 0. The van der Waals surface area contributed by atoms with Gasteiger partial charge >= 0.3 is 5.97 Å². The molecular formula is C23H37NO5SSi. The minimum Gasteiger partial charge on any atom is -0.457 e. The van der Waals surface area contributed by atoms with Gasteiger partial charge < -0.3 is 13.9 Å². The highest BCUT2D eigenvalue weighted by Gasteiger charge is 2.56. The standard InChI is InChI=1S/C23H37NO5SSi/c1-7-12-28-22(26)19-18(15-16-10-8-9-13-27-16)30-21-17(20(25)24(19)21)11-14-29-31(5,6)23(2,3)4/h7,16-17,21H,1,8-15H2,2-6H3/t16?,17-,21+/m0/s1. The molecule has 3 atom stereocenters. The Morgan fingerprint density at radius 2 is 2.10 bits per heavy atom. The average Bonchev–Trinajstić information content (AvgIpc) is 3.04. The molecule has 3 aliphatic heterocycles. The Morgan fingerprint density at radius 3 is 2.71 bits per heavy atom. The van der Waals surface area contributed by atoms with Crippen LogP contribution in [0.5, 0.6) is 0 Å². The van der Waals surface area contributed by atoms with Gasteiger partial charge in [0.15, 0.2) is 8.32 Å². The molecule has 2 saturated heterocycles. The number of β-lactam (4-membered cyclic amide) rings is 1. The first-order chi connectivity index (χ1) is 14.6. The van der Waals surface area contributed by atoms with Gasteiger partial charge in [-0.15, -0.1) is 11.8 Å². The highest BCUT2D eigenvalue weighted by atomic mass is 32.2. The summed E-state index contributed by atoms with van der Waals surface area (Å²) in [6.07, 6.45) is 6.20. The van der Waals surface area contributed by atoms with Gasteiger partial charge in [0.2, 0.25) is 5.91 Å². The third kappa shape index (κ3) is 5.29. The molecule has 0 bridgehead atoms. The van der Waals surface area contributed by atoms with Crippen LogP contribution in [0.3, 0.4) is 0 Å². The van der Waals surface area contributed by atoms with E-state index in [9.17, 15) is 9.59 Å². The molecule has 0 N–H and O–H groups in total. The summed E-state index contributed by atoms with van der Waals surface area (Å²) in [5.74, 6) is -0.562. The van der Waals surface area contributed by atoms with Crippen LogP contribution in [0.15, 0.2) is 23.3 Å². The fourth-order valence-electron chi connectivity index (χ4n) is 3.89. The Bertz CT molecular complexity index is 739. The van der Waals surface area contributed by atoms with Crippen molar-refractivity contribution in [3.63, 3.8) is 0 Å². The van der Waals surface area contributed by atoms with Gasteiger partial charge in [-0.25, -0.2) is 4.79 Å². The number of carbonyl (C=O) groups excluding carboxylic acids is 2. The van der Waals surface area contributed by atoms with Crippen LogP contribution in [-0.2, 0) is 23.5 Å². The van der Waals surface area contributed by atoms with Gasteiger partial charge in [0.1, 0.15) is 12.3 Å². The van der Waals surface area contributed by atoms with E-state index in [2.05, 4.69) is 40.4 Å². The van der Waals surface area contributed by atoms with Crippen LogP contribution in [0.2, 0.25) is 18.1 Å². The molecule has 6 nitrogen and oxygen atoms in total. The average molecular weight is 468 g/mol. The maximum atomic E-state index is 13.0. The van der Waals surface area contributed by atoms with E-state index in [-0.39, 0.29) is 34.9 Å². The Labute approximate surface area is 191 Å². The second kappa shape index (κ2) is 9.81. The summed E-state index contributed by atoms with van der Waals surface area (Å²) in [4.78, 5) is 28.3. The fraction of sp³-hybridized carbons (Fsp3) is 0.739. The summed E-state index contributed by atoms with van der Waals surface area (Å²) in [6.45, 7) is 16.2. The lowest BCUT2D eigenvalue weighted by Crippen LogP contribution is -2.57. The van der Waals surface area contributed by atoms with Crippen molar-refractivity contribution in [2.24, 2.45) is 5.92 Å². The van der Waals surface area contributed by atoms with Crippen LogP contribution in [0.25, 0.3) is 0 Å². The zero-order valence-electron chi connectivity index (χ0n) is 19.6. The molecule has 0 saturated carbocycles. The van der Waals surface area contributed by atoms with Gasteiger partial charge in [0.05, 0.1) is 17.4 Å². The van der Waals surface area contributed by atoms with Crippen molar-refractivity contribution in [2.45, 2.75) is 82.5 Å². The molecule has 31 heavy (non-hydrogen) atoms. The number of esters is 1. The molecule has 8 heteroatoms. The maximum absolute atomic E-state index is 13.0. The SMILES string of the molecule is C=CCOC(=O)C1=C(CC2CCCCO2)S[C@@H]2[C@@H](CCO[Si](C)(C)C(C)(C)C)C(=O)N12. The monoisotopic (exact) mass is 467 g/mol. The Hall–Kier alpha value is -1.09. The van der Waals surface area contributed by atoms with Crippen LogP contribution in [0, 0.1) is 5.92 Å². The Kier molecular flexibility index (Phi) is 7.77. The largest absolute Gasteiger partial charge is 0.457 e. The third-order valence-corrected chi connectivity index (χ3v) is 12.8. The van der Waals surface area contributed by atoms with Gasteiger partial charge in [0.25, 0.3) is 0 Å². The number of nitrogens with zero attached hydrogens (tertiary/aromatic N) is 1. The molecular weight excluding hydrogens is 430 g/mol. The van der Waals surface area contributed by atoms with E-state index < -0.39 is 14.3 Å². The highest BCUT2D eigenvalue weighted by Crippen LogP contribution is 2.52. The molecule has 0 aromatic rings. The van der Waals surface area contributed by atoms with Crippen LogP contribution in [0.4, 0.5) is 0 Å². The van der Waals surface area contributed by atoms with Crippen LogP contribution < -0.4 is 0 Å². The maximum Gasteiger partial charge on any atom is 0.356 e. The summed E-state index contributed by atoms with van der Waals surface area (Å²) in [6, 6.07) is 0. The smallest absolute Gasteiger partial charge is 0.356 e. The fourth-order valence-corrected chi connectivity index (χ4v) is 6.55. The number of rotatable bonds is 9. The molecule has 0 aliphatic carbocycles. The predicted octanol–water partition coefficient (Wildman–Crippen LogP) is 4.83. The molecule has 3 rings (SSSR count). The number of amides is 1. The first-order valence-electron chi connectivity index (χ1n) is 11.3. The summed E-state index contributed by atoms with van der Waals surface area (Å²) in [5, 5.41) is 0.0991. The molecule has 0 aromatic carbocycles. The van der Waals surface area contributed by atoms with Crippen molar-refractivity contribution >= 4 is 32.0 Å². The van der Waals surface area contributed by atoms with E-state index in [1.807, 2.05) is 0 Å². The van der Waals surface area contributed by atoms with Gasteiger partial charge in [-0.3, -0.25) is 9.69 Å². The van der Waals surface area contributed by atoms with E-state index in [0.717, 1.165) is 30.8 Å². The Morgan fingerprint density at radius 1 is 1.35 bits per heavy atom. The number of carbonyl (C=O) groups is 2. The first kappa shape index (κ1) is 24.5. The van der Waals surface area contributed by atoms with Crippen molar-refractivity contribution in [3.05, 3.63) is 23.3 Å². The van der Waals surface area contributed by atoms with E-state index in [4.69, 9.17) is 13.9 Å². The first-order valence-corrected chi connectivity index (χ1v) is 15.1. The van der Waals surface area contributed by atoms with Crippen molar-refractivity contribution < 1.29 is 23.5 Å². The van der Waals surface area contributed by atoms with Crippen LogP contribution >= 0.6 is 11.8 Å². The molecule has 0 spiro atoms. The molecule has 1 unspecified atom stereocenters. The number of ether oxygens (including phenoxy) is 2. The van der Waals surface area contributed by atoms with Crippen LogP contribution in [0.1, 0.15) is 52.9 Å². The summed E-state index contributed by atoms with van der Waals surface area (Å²) in [7, 11) is -1.85. The quantitative estimate of drug-likeness (QED) is 0.209. The molecule has 3 aliphatic rings. The van der Waals surface area contributed by atoms with Gasteiger partial charge in [-0.1, -0.05) is 33.4 Å². The zero-order valence-corrected chi connectivity index (χ0v) is 21.4. The molecule has 2 fully saturated rings. The predicted molar refractivity (Wildman–Crippen MR) is 126 cm³/mol. The molecule has 1 amide bonds. The number of thioether (sulfide) groups is 1. The second-order valence-corrected chi connectivity index (χ2v) is 16.1. The topological polar surface area (TPSA) is 65.1 Å². The zero-order chi connectivity index (χ0) is 22.8. The summed E-state index contributed by atoms with van der Waals surface area (Å²) < 4.78 is 17.5. The van der Waals surface area contributed by atoms with E-state index in [1.165, 1.54) is 0 Å². The Balaban J connectivity index is 1.66. The molecule has 174 valence electrons. The van der Waals surface area contributed by atoms with Crippen LogP contribution in [-0.4, -0.2) is 56.4 Å². The normalized spacial score (nSPS) is 26.5. The highest BCUT2D eigenvalue weighted by molar-refractivity contribution is 8.04. The number of fused-ring (bicyclic) bond motifs is 1. The van der Waals surface area contributed by atoms with Gasteiger partial charge in [-0.05, 0) is 43.8 Å². The molecule has 3 heterocycles. The molecule has 0 aromatic heterocycles. The minimum atomic E-state index is -1.85. The lowest BCUT2D eigenvalue weighted by atomic mass is 9.94. The van der Waals surface area contributed by atoms with Gasteiger partial charge in [0, 0.05) is 24.5 Å². The van der Waals surface area contributed by atoms with Crippen molar-refractivity contribution in [1.29, 1.82) is 0 Å². The second-order valence-electron chi connectivity index (χ2n) is 10.1. The van der Waals surface area contributed by atoms with E-state index in [1.54, 1.807) is 22.7 Å². The lowest BCUT2D eigenvalue weighted by Gasteiger charge is -2.43. The van der Waals surface area contributed by atoms with E-state index >= 15 is 0 Å². The number of hydrogen-bond acceptors (Lipinski definition) is 6.